The molecular weight excluding hydrogens is 569 g/mol. The number of aromatic nitrogens is 2. The molecule has 1 atom stereocenters. The van der Waals surface area contributed by atoms with Crippen molar-refractivity contribution in [1.29, 1.82) is 0 Å². The summed E-state index contributed by atoms with van der Waals surface area (Å²) in [6.45, 7) is 2.43. The van der Waals surface area contributed by atoms with Crippen molar-refractivity contribution in [3.05, 3.63) is 191 Å². The van der Waals surface area contributed by atoms with Crippen LogP contribution in [0.25, 0.3) is 50.3 Å². The summed E-state index contributed by atoms with van der Waals surface area (Å²) >= 11 is 0. The van der Waals surface area contributed by atoms with Crippen LogP contribution in [0.5, 0.6) is 0 Å². The average Bonchev–Trinajstić information content (AvgIpc) is 3.83. The predicted octanol–water partition coefficient (Wildman–Crippen LogP) is 10.5. The van der Waals surface area contributed by atoms with Crippen molar-refractivity contribution in [2.45, 2.75) is 24.2 Å². The van der Waals surface area contributed by atoms with Crippen LogP contribution in [0.4, 0.5) is 0 Å². The zero-order valence-corrected chi connectivity index (χ0v) is 26.0. The van der Waals surface area contributed by atoms with Gasteiger partial charge in [-0.25, -0.2) is 4.98 Å². The van der Waals surface area contributed by atoms with Crippen molar-refractivity contribution in [1.82, 2.24) is 9.38 Å². The van der Waals surface area contributed by atoms with E-state index in [0.29, 0.717) is 0 Å². The Hall–Kier alpha value is -5.73. The average molecular weight is 599 g/mol. The molecule has 0 amide bonds. The van der Waals surface area contributed by atoms with Crippen LogP contribution in [-0.2, 0) is 10.8 Å². The molecule has 2 nitrogen and oxygen atoms in total. The van der Waals surface area contributed by atoms with Crippen molar-refractivity contribution in [2.24, 2.45) is 0 Å². The van der Waals surface area contributed by atoms with Gasteiger partial charge in [0.2, 0.25) is 0 Å². The molecule has 11 rings (SSSR count). The lowest BCUT2D eigenvalue weighted by Crippen LogP contribution is -2.26. The van der Waals surface area contributed by atoms with E-state index in [1.165, 1.54) is 78.2 Å². The molecule has 220 valence electrons. The molecule has 0 N–H and O–H groups in total. The highest BCUT2D eigenvalue weighted by Gasteiger charge is 2.52. The number of imidazole rings is 1. The lowest BCUT2D eigenvalue weighted by Gasteiger charge is -2.33. The smallest absolute Gasteiger partial charge is 0.138 e. The Morgan fingerprint density at radius 1 is 0.553 bits per heavy atom. The maximum atomic E-state index is 5.21. The van der Waals surface area contributed by atoms with Crippen LogP contribution in [0, 0.1) is 0 Å². The molecular formula is C45H30N2. The summed E-state index contributed by atoms with van der Waals surface area (Å²) in [5.41, 5.74) is 20.3. The first-order chi connectivity index (χ1) is 23.2. The number of fused-ring (bicyclic) bond motifs is 13. The van der Waals surface area contributed by atoms with Crippen LogP contribution in [0.15, 0.2) is 152 Å². The molecule has 2 heteroatoms. The van der Waals surface area contributed by atoms with Crippen LogP contribution in [0.2, 0.25) is 0 Å². The van der Waals surface area contributed by atoms with Gasteiger partial charge in [-0.1, -0.05) is 133 Å². The Morgan fingerprint density at radius 3 is 1.85 bits per heavy atom. The molecule has 2 aromatic heterocycles. The van der Waals surface area contributed by atoms with Gasteiger partial charge >= 0.3 is 0 Å². The van der Waals surface area contributed by atoms with Gasteiger partial charge in [0.25, 0.3) is 0 Å². The van der Waals surface area contributed by atoms with Crippen LogP contribution in [-0.4, -0.2) is 9.38 Å². The van der Waals surface area contributed by atoms with E-state index in [1.54, 1.807) is 0 Å². The van der Waals surface area contributed by atoms with E-state index in [4.69, 9.17) is 4.98 Å². The second kappa shape index (κ2) is 8.74. The minimum atomic E-state index is -0.336. The quantitative estimate of drug-likeness (QED) is 0.194. The summed E-state index contributed by atoms with van der Waals surface area (Å²) in [7, 11) is 0. The van der Waals surface area contributed by atoms with Crippen molar-refractivity contribution in [3.8, 4) is 33.5 Å². The summed E-state index contributed by atoms with van der Waals surface area (Å²) < 4.78 is 2.41. The fraction of sp³-hybridized carbons (Fsp3) is 0.0889. The van der Waals surface area contributed by atoms with Gasteiger partial charge in [0.1, 0.15) is 5.65 Å². The van der Waals surface area contributed by atoms with Gasteiger partial charge < -0.3 is 0 Å². The van der Waals surface area contributed by atoms with Crippen LogP contribution < -0.4 is 0 Å². The largest absolute Gasteiger partial charge is 0.295 e. The third-order valence-electron chi connectivity index (χ3n) is 11.4. The van der Waals surface area contributed by atoms with Gasteiger partial charge in [0.15, 0.2) is 0 Å². The molecule has 7 aromatic rings. The Bertz CT molecular complexity index is 2500. The number of pyridine rings is 1. The zero-order valence-electron chi connectivity index (χ0n) is 26.0. The van der Waals surface area contributed by atoms with Crippen molar-refractivity contribution in [2.75, 3.05) is 0 Å². The number of rotatable bonds is 2. The molecule has 0 saturated heterocycles. The van der Waals surface area contributed by atoms with Crippen molar-refractivity contribution < 1.29 is 0 Å². The van der Waals surface area contributed by atoms with Crippen LogP contribution >= 0.6 is 0 Å². The van der Waals surface area contributed by atoms with Crippen molar-refractivity contribution in [3.63, 3.8) is 0 Å². The lowest BCUT2D eigenvalue weighted by atomic mass is 9.68. The maximum absolute atomic E-state index is 5.21. The van der Waals surface area contributed by atoms with E-state index in [1.807, 2.05) is 0 Å². The first kappa shape index (κ1) is 25.5. The van der Waals surface area contributed by atoms with Gasteiger partial charge in [-0.2, -0.15) is 0 Å². The van der Waals surface area contributed by atoms with Gasteiger partial charge in [-0.05, 0) is 92.8 Å². The summed E-state index contributed by atoms with van der Waals surface area (Å²) in [4.78, 5) is 5.21. The fourth-order valence-electron chi connectivity index (χ4n) is 9.58. The van der Waals surface area contributed by atoms with E-state index in [2.05, 4.69) is 163 Å². The highest BCUT2D eigenvalue weighted by Crippen LogP contribution is 2.63. The van der Waals surface area contributed by atoms with Gasteiger partial charge in [0, 0.05) is 11.0 Å². The van der Waals surface area contributed by atoms with Crippen molar-refractivity contribution >= 4 is 16.8 Å². The van der Waals surface area contributed by atoms with E-state index < -0.39 is 0 Å². The minimum absolute atomic E-state index is 0.204. The summed E-state index contributed by atoms with van der Waals surface area (Å²) in [6, 6.07) is 51.7. The van der Waals surface area contributed by atoms with E-state index in [-0.39, 0.29) is 10.8 Å². The van der Waals surface area contributed by atoms with Gasteiger partial charge in [-0.3, -0.25) is 4.40 Å². The van der Waals surface area contributed by atoms with Crippen LogP contribution in [0.3, 0.4) is 0 Å². The van der Waals surface area contributed by atoms with Gasteiger partial charge in [0.05, 0.1) is 22.5 Å². The highest BCUT2D eigenvalue weighted by molar-refractivity contribution is 5.96. The Morgan fingerprint density at radius 2 is 1.17 bits per heavy atom. The SMILES string of the molecule is CC12CC(c3ccc4c(c3)C3(c5ccccc5-c5ccccc53)c3ccccc3-4)=CC=C1c1cccc3nc(-c4ccccc4)c2n13. The molecule has 3 heterocycles. The van der Waals surface area contributed by atoms with Gasteiger partial charge in [-0.15, -0.1) is 0 Å². The fourth-order valence-corrected chi connectivity index (χ4v) is 9.58. The number of allylic oxidation sites excluding steroid dienone is 4. The molecule has 1 spiro atoms. The predicted molar refractivity (Wildman–Crippen MR) is 191 cm³/mol. The van der Waals surface area contributed by atoms with E-state index in [0.717, 1.165) is 17.8 Å². The van der Waals surface area contributed by atoms with E-state index >= 15 is 0 Å². The first-order valence-corrected chi connectivity index (χ1v) is 16.6. The van der Waals surface area contributed by atoms with Crippen LogP contribution in [0.1, 0.15) is 52.5 Å². The normalized spacial score (nSPS) is 18.7. The van der Waals surface area contributed by atoms with E-state index in [9.17, 15) is 0 Å². The third-order valence-corrected chi connectivity index (χ3v) is 11.4. The number of hydrogen-bond donors (Lipinski definition) is 0. The summed E-state index contributed by atoms with van der Waals surface area (Å²) in [5.74, 6) is 0. The second-order valence-electron chi connectivity index (χ2n) is 13.7. The Balaban J connectivity index is 1.12. The standard InChI is InChI=1S/C45H30N2/c1-44-27-30(23-25-38(44)40-20-11-21-41-46-42(43(44)47(40)41)28-12-3-2-4-13-28)29-22-24-34-33-16-7-10-19-37(33)45(39(34)26-29)35-17-8-5-14-31(35)32-15-6-9-18-36(32)45/h2-26H,27H2,1H3. The molecule has 1 unspecified atom stereocenters. The third kappa shape index (κ3) is 3.00. The summed E-state index contributed by atoms with van der Waals surface area (Å²) in [5, 5.41) is 0. The molecule has 0 bridgehead atoms. The Kier molecular flexibility index (Phi) is 4.74. The number of nitrogens with zero attached hydrogens (tertiary/aromatic N) is 2. The summed E-state index contributed by atoms with van der Waals surface area (Å²) in [6.07, 6.45) is 5.67. The second-order valence-corrected chi connectivity index (χ2v) is 13.7. The molecule has 47 heavy (non-hydrogen) atoms. The molecule has 0 saturated carbocycles. The molecule has 1 aliphatic heterocycles. The monoisotopic (exact) mass is 598 g/mol. The maximum Gasteiger partial charge on any atom is 0.138 e. The topological polar surface area (TPSA) is 17.3 Å². The molecule has 5 aromatic carbocycles. The highest BCUT2D eigenvalue weighted by atomic mass is 15.1. The minimum Gasteiger partial charge on any atom is -0.295 e. The molecule has 3 aliphatic carbocycles. The Labute approximate surface area is 274 Å². The number of hydrogen-bond acceptors (Lipinski definition) is 1. The molecule has 0 fully saturated rings. The molecule has 4 aliphatic rings. The lowest BCUT2D eigenvalue weighted by molar-refractivity contribution is 0.632. The first-order valence-electron chi connectivity index (χ1n) is 16.6. The zero-order chi connectivity index (χ0) is 30.9. The number of benzene rings is 5. The molecule has 0 radical (unpaired) electrons.